The zero-order valence-corrected chi connectivity index (χ0v) is 10.1. The van der Waals surface area contributed by atoms with E-state index in [2.05, 4.69) is 19.9 Å². The van der Waals surface area contributed by atoms with Crippen molar-refractivity contribution in [2.24, 2.45) is 5.92 Å². The number of hydrogen-bond donors (Lipinski definition) is 0. The van der Waals surface area contributed by atoms with Gasteiger partial charge in [0, 0.05) is 5.25 Å². The second-order valence-corrected chi connectivity index (χ2v) is 5.80. The van der Waals surface area contributed by atoms with Crippen molar-refractivity contribution in [3.8, 4) is 6.07 Å². The summed E-state index contributed by atoms with van der Waals surface area (Å²) in [5.74, 6) is 0.565. The first kappa shape index (κ1) is 11.9. The summed E-state index contributed by atoms with van der Waals surface area (Å²) in [7, 11) is 0. The van der Waals surface area contributed by atoms with Crippen LogP contribution < -0.4 is 0 Å². The Morgan fingerprint density at radius 1 is 1.43 bits per heavy atom. The summed E-state index contributed by atoms with van der Waals surface area (Å²) in [5.41, 5.74) is 0. The highest BCUT2D eigenvalue weighted by atomic mass is 32.2. The van der Waals surface area contributed by atoms with Crippen LogP contribution in [-0.2, 0) is 0 Å². The number of hydrogen-bond acceptors (Lipinski definition) is 2. The molecule has 0 saturated heterocycles. The Morgan fingerprint density at radius 2 is 2.07 bits per heavy atom. The molecule has 1 fully saturated rings. The number of thioether (sulfide) groups is 1. The summed E-state index contributed by atoms with van der Waals surface area (Å²) in [6, 6.07) is 2.48. The highest BCUT2D eigenvalue weighted by molar-refractivity contribution is 8.00. The topological polar surface area (TPSA) is 23.8 Å². The van der Waals surface area contributed by atoms with Gasteiger partial charge in [0.2, 0.25) is 0 Å². The normalized spacial score (nSPS) is 21.8. The van der Waals surface area contributed by atoms with Crippen molar-refractivity contribution in [2.75, 3.05) is 0 Å². The fourth-order valence-electron chi connectivity index (χ4n) is 2.13. The van der Waals surface area contributed by atoms with Crippen molar-refractivity contribution >= 4 is 11.8 Å². The molecule has 0 aliphatic heterocycles. The van der Waals surface area contributed by atoms with Crippen LogP contribution in [0.25, 0.3) is 0 Å². The molecule has 1 aliphatic carbocycles. The Hall–Kier alpha value is -0.160. The van der Waals surface area contributed by atoms with E-state index in [-0.39, 0.29) is 5.25 Å². The summed E-state index contributed by atoms with van der Waals surface area (Å²) in [4.78, 5) is 0. The molecule has 1 nitrogen and oxygen atoms in total. The smallest absolute Gasteiger partial charge is 0.0944 e. The maximum absolute atomic E-state index is 9.11. The second-order valence-electron chi connectivity index (χ2n) is 4.36. The van der Waals surface area contributed by atoms with Crippen molar-refractivity contribution in [2.45, 2.75) is 62.9 Å². The summed E-state index contributed by atoms with van der Waals surface area (Å²) in [6.07, 6.45) is 7.81. The number of rotatable bonds is 5. The summed E-state index contributed by atoms with van der Waals surface area (Å²) in [6.45, 7) is 4.42. The molecule has 0 radical (unpaired) electrons. The Morgan fingerprint density at radius 3 is 2.57 bits per heavy atom. The van der Waals surface area contributed by atoms with Crippen LogP contribution in [0.4, 0.5) is 0 Å². The Kier molecular flexibility index (Phi) is 5.40. The lowest BCUT2D eigenvalue weighted by Crippen LogP contribution is -2.15. The average molecular weight is 211 g/mol. The van der Waals surface area contributed by atoms with Crippen LogP contribution in [0, 0.1) is 17.2 Å². The van der Waals surface area contributed by atoms with Crippen LogP contribution in [0.1, 0.15) is 52.4 Å². The number of nitriles is 1. The van der Waals surface area contributed by atoms with Crippen molar-refractivity contribution in [3.05, 3.63) is 0 Å². The molecule has 1 saturated carbocycles. The predicted molar refractivity (Wildman–Crippen MR) is 63.3 cm³/mol. The zero-order valence-electron chi connectivity index (χ0n) is 9.33. The Balaban J connectivity index is 2.34. The van der Waals surface area contributed by atoms with E-state index in [1.165, 1.54) is 38.5 Å². The molecule has 0 aromatic heterocycles. The van der Waals surface area contributed by atoms with Gasteiger partial charge in [0.05, 0.1) is 11.3 Å². The molecule has 2 unspecified atom stereocenters. The third kappa shape index (κ3) is 3.53. The SMILES string of the molecule is CCCC(C)C(C#N)SC1CCCC1. The van der Waals surface area contributed by atoms with Gasteiger partial charge in [-0.25, -0.2) is 0 Å². The van der Waals surface area contributed by atoms with Gasteiger partial charge >= 0.3 is 0 Å². The molecule has 1 aliphatic rings. The van der Waals surface area contributed by atoms with Crippen LogP contribution in [0.2, 0.25) is 0 Å². The molecule has 14 heavy (non-hydrogen) atoms. The largest absolute Gasteiger partial charge is 0.197 e. The molecule has 0 aromatic rings. The highest BCUT2D eigenvalue weighted by Crippen LogP contribution is 2.35. The molecule has 0 heterocycles. The van der Waals surface area contributed by atoms with E-state index in [1.54, 1.807) is 0 Å². The lowest BCUT2D eigenvalue weighted by Gasteiger charge is -2.19. The van der Waals surface area contributed by atoms with Gasteiger partial charge < -0.3 is 0 Å². The molecular weight excluding hydrogens is 190 g/mol. The molecule has 0 amide bonds. The van der Waals surface area contributed by atoms with Crippen LogP contribution in [0.5, 0.6) is 0 Å². The molecule has 0 aromatic carbocycles. The van der Waals surface area contributed by atoms with E-state index >= 15 is 0 Å². The van der Waals surface area contributed by atoms with E-state index in [4.69, 9.17) is 5.26 Å². The van der Waals surface area contributed by atoms with Crippen molar-refractivity contribution in [3.63, 3.8) is 0 Å². The van der Waals surface area contributed by atoms with Gasteiger partial charge in [-0.1, -0.05) is 33.1 Å². The number of nitrogens with zero attached hydrogens (tertiary/aromatic N) is 1. The van der Waals surface area contributed by atoms with E-state index in [1.807, 2.05) is 11.8 Å². The van der Waals surface area contributed by atoms with E-state index < -0.39 is 0 Å². The standard InChI is InChI=1S/C12H21NS/c1-3-6-10(2)12(9-13)14-11-7-4-5-8-11/h10-12H,3-8H2,1-2H3. The van der Waals surface area contributed by atoms with Gasteiger partial charge in [0.1, 0.15) is 0 Å². The van der Waals surface area contributed by atoms with Crippen LogP contribution in [0.15, 0.2) is 0 Å². The predicted octanol–water partition coefficient (Wildman–Crippen LogP) is 3.99. The third-order valence-electron chi connectivity index (χ3n) is 3.03. The molecule has 0 N–H and O–H groups in total. The molecular formula is C12H21NS. The zero-order chi connectivity index (χ0) is 10.4. The van der Waals surface area contributed by atoms with Crippen LogP contribution >= 0.6 is 11.8 Å². The Labute approximate surface area is 92.3 Å². The van der Waals surface area contributed by atoms with Gasteiger partial charge in [-0.3, -0.25) is 0 Å². The van der Waals surface area contributed by atoms with Crippen molar-refractivity contribution in [1.82, 2.24) is 0 Å². The molecule has 2 atom stereocenters. The van der Waals surface area contributed by atoms with E-state index in [0.717, 1.165) is 5.25 Å². The minimum absolute atomic E-state index is 0.234. The first-order valence-electron chi connectivity index (χ1n) is 5.83. The minimum atomic E-state index is 0.234. The van der Waals surface area contributed by atoms with Crippen LogP contribution in [0.3, 0.4) is 0 Å². The maximum Gasteiger partial charge on any atom is 0.0944 e. The monoisotopic (exact) mass is 211 g/mol. The third-order valence-corrected chi connectivity index (χ3v) is 4.75. The van der Waals surface area contributed by atoms with Gasteiger partial charge in [-0.15, -0.1) is 11.8 Å². The average Bonchev–Trinajstić information content (AvgIpc) is 2.66. The molecule has 2 heteroatoms. The second kappa shape index (κ2) is 6.35. The maximum atomic E-state index is 9.11. The molecule has 0 bridgehead atoms. The lowest BCUT2D eigenvalue weighted by molar-refractivity contribution is 0.545. The van der Waals surface area contributed by atoms with E-state index in [9.17, 15) is 0 Å². The molecule has 80 valence electrons. The van der Waals surface area contributed by atoms with Gasteiger partial charge in [0.25, 0.3) is 0 Å². The summed E-state index contributed by atoms with van der Waals surface area (Å²) >= 11 is 1.94. The highest BCUT2D eigenvalue weighted by Gasteiger charge is 2.23. The lowest BCUT2D eigenvalue weighted by atomic mass is 10.0. The fourth-order valence-corrected chi connectivity index (χ4v) is 3.62. The fraction of sp³-hybridized carbons (Fsp3) is 0.917. The van der Waals surface area contributed by atoms with Crippen molar-refractivity contribution < 1.29 is 0 Å². The van der Waals surface area contributed by atoms with Crippen molar-refractivity contribution in [1.29, 1.82) is 5.26 Å². The van der Waals surface area contributed by atoms with Gasteiger partial charge in [-0.05, 0) is 25.2 Å². The first-order valence-corrected chi connectivity index (χ1v) is 6.77. The quantitative estimate of drug-likeness (QED) is 0.686. The first-order chi connectivity index (χ1) is 6.77. The van der Waals surface area contributed by atoms with Crippen LogP contribution in [-0.4, -0.2) is 10.5 Å². The van der Waals surface area contributed by atoms with Gasteiger partial charge in [-0.2, -0.15) is 5.26 Å². The minimum Gasteiger partial charge on any atom is -0.197 e. The molecule has 0 spiro atoms. The summed E-state index contributed by atoms with van der Waals surface area (Å²) in [5, 5.41) is 10.1. The van der Waals surface area contributed by atoms with E-state index in [0.29, 0.717) is 5.92 Å². The van der Waals surface area contributed by atoms with Gasteiger partial charge in [0.15, 0.2) is 0 Å². The molecule has 1 rings (SSSR count). The Bertz CT molecular complexity index is 191. The summed E-state index contributed by atoms with van der Waals surface area (Å²) < 4.78 is 0.